The third-order valence-corrected chi connectivity index (χ3v) is 2.53. The van der Waals surface area contributed by atoms with E-state index in [4.69, 9.17) is 16.3 Å². The second-order valence-corrected chi connectivity index (χ2v) is 4.09. The van der Waals surface area contributed by atoms with Crippen LogP contribution in [0.3, 0.4) is 0 Å². The van der Waals surface area contributed by atoms with Gasteiger partial charge in [-0.05, 0) is 12.5 Å². The molecule has 0 aromatic carbocycles. The largest absolute Gasteiger partial charge is 0.481 e. The molecule has 18 heavy (non-hydrogen) atoms. The predicted octanol–water partition coefficient (Wildman–Crippen LogP) is 2.55. The lowest BCUT2D eigenvalue weighted by Crippen LogP contribution is -1.98. The van der Waals surface area contributed by atoms with Crippen molar-refractivity contribution in [3.05, 3.63) is 29.3 Å². The number of rotatable bonds is 4. The van der Waals surface area contributed by atoms with Crippen molar-refractivity contribution in [2.75, 3.05) is 7.11 Å². The molecule has 0 N–H and O–H groups in total. The lowest BCUT2D eigenvalue weighted by molar-refractivity contribution is 0.397. The van der Waals surface area contributed by atoms with Gasteiger partial charge in [-0.15, -0.1) is 0 Å². The molecule has 6 heteroatoms. The molecular formula is C12H13ClN4O. The number of methoxy groups -OCH3 is 1. The van der Waals surface area contributed by atoms with Crippen LogP contribution in [0.4, 0.5) is 0 Å². The van der Waals surface area contributed by atoms with Crippen LogP contribution in [-0.4, -0.2) is 27.0 Å². The fourth-order valence-electron chi connectivity index (χ4n) is 1.54. The maximum absolute atomic E-state index is 5.98. The zero-order valence-corrected chi connectivity index (χ0v) is 11.0. The molecule has 0 aliphatic heterocycles. The maximum atomic E-state index is 5.98. The van der Waals surface area contributed by atoms with Gasteiger partial charge in [0.15, 0.2) is 5.82 Å². The molecule has 0 saturated carbocycles. The van der Waals surface area contributed by atoms with E-state index in [0.717, 1.165) is 18.5 Å². The summed E-state index contributed by atoms with van der Waals surface area (Å²) in [6.07, 6.45) is 3.27. The van der Waals surface area contributed by atoms with E-state index in [-0.39, 0.29) is 0 Å². The van der Waals surface area contributed by atoms with E-state index >= 15 is 0 Å². The average Bonchev–Trinajstić information content (AvgIpc) is 2.38. The first kappa shape index (κ1) is 12.7. The van der Waals surface area contributed by atoms with Gasteiger partial charge in [0.1, 0.15) is 17.2 Å². The number of nitrogens with zero attached hydrogens (tertiary/aromatic N) is 4. The van der Waals surface area contributed by atoms with Crippen molar-refractivity contribution >= 4 is 11.6 Å². The van der Waals surface area contributed by atoms with Crippen LogP contribution >= 0.6 is 11.6 Å². The van der Waals surface area contributed by atoms with Gasteiger partial charge in [0, 0.05) is 11.8 Å². The Labute approximate surface area is 110 Å². The standard InChI is InChI=1S/C12H13ClN4O/c1-3-4-8-5-10(13)17-12(16-8)9-6-11(18-2)15-7-14-9/h5-7H,3-4H2,1-2H3. The first-order valence-corrected chi connectivity index (χ1v) is 6.00. The van der Waals surface area contributed by atoms with Crippen LogP contribution in [0.2, 0.25) is 5.15 Å². The maximum Gasteiger partial charge on any atom is 0.216 e. The molecule has 2 heterocycles. The van der Waals surface area contributed by atoms with E-state index in [0.29, 0.717) is 22.6 Å². The second-order valence-electron chi connectivity index (χ2n) is 3.70. The molecule has 0 fully saturated rings. The molecule has 0 bridgehead atoms. The number of hydrogen-bond acceptors (Lipinski definition) is 5. The molecule has 94 valence electrons. The smallest absolute Gasteiger partial charge is 0.216 e. The van der Waals surface area contributed by atoms with Crippen molar-refractivity contribution in [1.29, 1.82) is 0 Å². The van der Waals surface area contributed by atoms with E-state index in [2.05, 4.69) is 26.9 Å². The molecule has 0 atom stereocenters. The minimum absolute atomic E-state index is 0.418. The lowest BCUT2D eigenvalue weighted by Gasteiger charge is -2.04. The van der Waals surface area contributed by atoms with E-state index in [9.17, 15) is 0 Å². The molecule has 0 aliphatic carbocycles. The zero-order valence-electron chi connectivity index (χ0n) is 10.2. The van der Waals surface area contributed by atoms with Crippen LogP contribution in [0.25, 0.3) is 11.5 Å². The fourth-order valence-corrected chi connectivity index (χ4v) is 1.74. The Morgan fingerprint density at radius 2 is 2.06 bits per heavy atom. The number of hydrogen-bond donors (Lipinski definition) is 0. The highest BCUT2D eigenvalue weighted by atomic mass is 35.5. The van der Waals surface area contributed by atoms with E-state index < -0.39 is 0 Å². The van der Waals surface area contributed by atoms with Crippen molar-refractivity contribution < 1.29 is 4.74 Å². The van der Waals surface area contributed by atoms with Gasteiger partial charge in [-0.3, -0.25) is 0 Å². The molecule has 0 spiro atoms. The summed E-state index contributed by atoms with van der Waals surface area (Å²) in [7, 11) is 1.55. The SMILES string of the molecule is CCCc1cc(Cl)nc(-c2cc(OC)ncn2)n1. The van der Waals surface area contributed by atoms with Gasteiger partial charge in [-0.2, -0.15) is 0 Å². The summed E-state index contributed by atoms with van der Waals surface area (Å²) < 4.78 is 5.04. The van der Waals surface area contributed by atoms with Gasteiger partial charge >= 0.3 is 0 Å². The Morgan fingerprint density at radius 1 is 1.22 bits per heavy atom. The first-order valence-electron chi connectivity index (χ1n) is 5.62. The highest BCUT2D eigenvalue weighted by Gasteiger charge is 2.08. The summed E-state index contributed by atoms with van der Waals surface area (Å²) in [6, 6.07) is 3.45. The monoisotopic (exact) mass is 264 g/mol. The lowest BCUT2D eigenvalue weighted by atomic mass is 10.2. The Hall–Kier alpha value is -1.75. The van der Waals surface area contributed by atoms with Crippen molar-refractivity contribution in [1.82, 2.24) is 19.9 Å². The van der Waals surface area contributed by atoms with Gasteiger partial charge < -0.3 is 4.74 Å². The molecule has 0 radical (unpaired) electrons. The van der Waals surface area contributed by atoms with E-state index in [1.54, 1.807) is 19.2 Å². The molecule has 0 saturated heterocycles. The minimum Gasteiger partial charge on any atom is -0.481 e. The molecule has 2 aromatic heterocycles. The molecule has 2 aromatic rings. The summed E-state index contributed by atoms with van der Waals surface area (Å²) in [6.45, 7) is 2.09. The van der Waals surface area contributed by atoms with Crippen LogP contribution in [0, 0.1) is 0 Å². The molecular weight excluding hydrogens is 252 g/mol. The minimum atomic E-state index is 0.418. The normalized spacial score (nSPS) is 10.4. The average molecular weight is 265 g/mol. The summed E-state index contributed by atoms with van der Waals surface area (Å²) in [5.74, 6) is 0.965. The van der Waals surface area contributed by atoms with Crippen LogP contribution in [-0.2, 0) is 6.42 Å². The topological polar surface area (TPSA) is 60.8 Å². The Balaban J connectivity index is 2.42. The van der Waals surface area contributed by atoms with Gasteiger partial charge in [-0.25, -0.2) is 19.9 Å². The first-order chi connectivity index (χ1) is 8.72. The summed E-state index contributed by atoms with van der Waals surface area (Å²) in [5, 5.41) is 0.418. The second kappa shape index (κ2) is 5.73. The van der Waals surface area contributed by atoms with Gasteiger partial charge in [0.25, 0.3) is 0 Å². The van der Waals surface area contributed by atoms with Crippen LogP contribution in [0.5, 0.6) is 5.88 Å². The number of aryl methyl sites for hydroxylation is 1. The van der Waals surface area contributed by atoms with Crippen LogP contribution in [0.15, 0.2) is 18.5 Å². The zero-order chi connectivity index (χ0) is 13.0. The summed E-state index contributed by atoms with van der Waals surface area (Å²) in [4.78, 5) is 16.7. The van der Waals surface area contributed by atoms with Crippen molar-refractivity contribution in [2.24, 2.45) is 0 Å². The van der Waals surface area contributed by atoms with Gasteiger partial charge in [0.05, 0.1) is 7.11 Å². The molecule has 0 amide bonds. The van der Waals surface area contributed by atoms with Crippen molar-refractivity contribution in [3.63, 3.8) is 0 Å². The third-order valence-electron chi connectivity index (χ3n) is 2.33. The number of ether oxygens (including phenoxy) is 1. The quantitative estimate of drug-likeness (QED) is 0.794. The van der Waals surface area contributed by atoms with Gasteiger partial charge in [0.2, 0.25) is 5.88 Å². The number of halogens is 1. The van der Waals surface area contributed by atoms with Gasteiger partial charge in [-0.1, -0.05) is 24.9 Å². The Kier molecular flexibility index (Phi) is 4.04. The van der Waals surface area contributed by atoms with E-state index in [1.807, 2.05) is 0 Å². The molecule has 5 nitrogen and oxygen atoms in total. The molecule has 2 rings (SSSR count). The van der Waals surface area contributed by atoms with Crippen LogP contribution < -0.4 is 4.74 Å². The molecule has 0 aliphatic rings. The fraction of sp³-hybridized carbons (Fsp3) is 0.333. The predicted molar refractivity (Wildman–Crippen MR) is 68.6 cm³/mol. The molecule has 0 unspecified atom stereocenters. The third kappa shape index (κ3) is 2.92. The Morgan fingerprint density at radius 3 is 2.78 bits per heavy atom. The van der Waals surface area contributed by atoms with Crippen LogP contribution in [0.1, 0.15) is 19.0 Å². The van der Waals surface area contributed by atoms with Crippen molar-refractivity contribution in [3.8, 4) is 17.4 Å². The van der Waals surface area contributed by atoms with E-state index in [1.165, 1.54) is 6.33 Å². The summed E-state index contributed by atoms with van der Waals surface area (Å²) in [5.41, 5.74) is 1.51. The Bertz CT molecular complexity index is 547. The highest BCUT2D eigenvalue weighted by molar-refractivity contribution is 6.29. The van der Waals surface area contributed by atoms with Crippen molar-refractivity contribution in [2.45, 2.75) is 19.8 Å². The summed E-state index contributed by atoms with van der Waals surface area (Å²) >= 11 is 5.98. The number of aromatic nitrogens is 4. The highest BCUT2D eigenvalue weighted by Crippen LogP contribution is 2.19.